The van der Waals surface area contributed by atoms with E-state index in [1.807, 2.05) is 13.8 Å². The molecule has 0 unspecified atom stereocenters. The average molecular weight is 663 g/mol. The van der Waals surface area contributed by atoms with Crippen LogP contribution in [-0.4, -0.2) is 70.3 Å². The molecule has 0 radical (unpaired) electrons. The molecule has 2 bridgehead atoms. The summed E-state index contributed by atoms with van der Waals surface area (Å²) in [6.45, 7) is 10.8. The number of amides is 2. The molecule has 0 spiro atoms. The molecule has 10 nitrogen and oxygen atoms in total. The van der Waals surface area contributed by atoms with E-state index in [9.17, 15) is 14.4 Å². The number of allylic oxidation sites excluding steroid dienone is 2. The summed E-state index contributed by atoms with van der Waals surface area (Å²) >= 11 is 6.17. The van der Waals surface area contributed by atoms with Crippen molar-refractivity contribution in [2.24, 2.45) is 23.2 Å². The third-order valence-corrected chi connectivity index (χ3v) is 8.81. The molecule has 2 aliphatic heterocycles. The summed E-state index contributed by atoms with van der Waals surface area (Å²) in [4.78, 5) is 50.7. The van der Waals surface area contributed by atoms with Crippen molar-refractivity contribution in [3.63, 3.8) is 0 Å². The van der Waals surface area contributed by atoms with Crippen molar-refractivity contribution in [2.75, 3.05) is 13.2 Å². The number of fused-ring (bicyclic) bond motifs is 5. The molecular formula is C33H41ClF2N4O6. The van der Waals surface area contributed by atoms with Crippen LogP contribution in [0.1, 0.15) is 66.5 Å². The van der Waals surface area contributed by atoms with Crippen LogP contribution >= 0.6 is 11.6 Å². The van der Waals surface area contributed by atoms with Gasteiger partial charge in [0.2, 0.25) is 11.8 Å². The van der Waals surface area contributed by atoms with Gasteiger partial charge in [-0.3, -0.25) is 4.79 Å². The minimum Gasteiger partial charge on any atom is -0.471 e. The van der Waals surface area contributed by atoms with Crippen molar-refractivity contribution in [3.8, 4) is 5.88 Å². The third-order valence-electron chi connectivity index (χ3n) is 8.58. The maximum atomic E-state index is 15.8. The molecule has 2 aromatic rings. The van der Waals surface area contributed by atoms with Gasteiger partial charge in [0, 0.05) is 10.9 Å². The fourth-order valence-corrected chi connectivity index (χ4v) is 6.02. The van der Waals surface area contributed by atoms with E-state index >= 15 is 8.78 Å². The Labute approximate surface area is 272 Å². The topological polar surface area (TPSA) is 120 Å². The summed E-state index contributed by atoms with van der Waals surface area (Å²) < 4.78 is 49.1. The Kier molecular flexibility index (Phi) is 9.50. The molecular weight excluding hydrogens is 622 g/mol. The lowest BCUT2D eigenvalue weighted by Gasteiger charge is -2.35. The second-order valence-corrected chi connectivity index (χ2v) is 14.4. The van der Waals surface area contributed by atoms with Gasteiger partial charge >= 0.3 is 18.0 Å². The van der Waals surface area contributed by atoms with E-state index in [0.29, 0.717) is 24.3 Å². The monoisotopic (exact) mass is 662 g/mol. The Morgan fingerprint density at radius 3 is 2.61 bits per heavy atom. The summed E-state index contributed by atoms with van der Waals surface area (Å²) in [6, 6.07) is 2.34. The molecule has 250 valence electrons. The lowest BCUT2D eigenvalue weighted by Crippen LogP contribution is -2.57. The predicted molar refractivity (Wildman–Crippen MR) is 166 cm³/mol. The number of halogens is 3. The number of aromatic nitrogens is 2. The molecule has 3 aliphatic rings. The zero-order valence-corrected chi connectivity index (χ0v) is 27.6. The molecule has 1 aromatic heterocycles. The highest BCUT2D eigenvalue weighted by Crippen LogP contribution is 2.41. The van der Waals surface area contributed by atoms with Gasteiger partial charge in [-0.05, 0) is 60.8 Å². The minimum atomic E-state index is -3.56. The van der Waals surface area contributed by atoms with E-state index in [4.69, 9.17) is 25.8 Å². The maximum absolute atomic E-state index is 15.8. The second kappa shape index (κ2) is 12.9. The number of ether oxygens (including phenoxy) is 3. The summed E-state index contributed by atoms with van der Waals surface area (Å²) in [6.07, 6.45) is 1.52. The summed E-state index contributed by atoms with van der Waals surface area (Å²) in [5.74, 6) is -5.87. The van der Waals surface area contributed by atoms with Crippen LogP contribution in [0, 0.1) is 23.2 Å². The van der Waals surface area contributed by atoms with E-state index in [0.717, 1.165) is 6.08 Å². The number of alkyl halides is 2. The lowest BCUT2D eigenvalue weighted by atomic mass is 9.85. The fraction of sp³-hybridized carbons (Fsp3) is 0.606. The molecule has 1 N–H and O–H groups in total. The number of nitrogens with zero attached hydrogens (tertiary/aromatic N) is 3. The number of alkyl carbamates (subject to hydrolysis) is 1. The highest BCUT2D eigenvalue weighted by atomic mass is 35.5. The van der Waals surface area contributed by atoms with Gasteiger partial charge in [-0.2, -0.15) is 8.78 Å². The molecule has 1 aromatic carbocycles. The van der Waals surface area contributed by atoms with E-state index in [2.05, 4.69) is 15.3 Å². The highest BCUT2D eigenvalue weighted by Gasteiger charge is 2.52. The van der Waals surface area contributed by atoms with Crippen molar-refractivity contribution in [2.45, 2.75) is 91.0 Å². The van der Waals surface area contributed by atoms with Crippen molar-refractivity contribution in [3.05, 3.63) is 41.1 Å². The number of hydrogen-bond donors (Lipinski definition) is 1. The van der Waals surface area contributed by atoms with Gasteiger partial charge in [0.15, 0.2) is 5.69 Å². The van der Waals surface area contributed by atoms with E-state index in [1.165, 1.54) is 29.2 Å². The van der Waals surface area contributed by atoms with Crippen LogP contribution in [0.25, 0.3) is 11.0 Å². The Bertz CT molecular complexity index is 1530. The number of rotatable bonds is 3. The molecule has 46 heavy (non-hydrogen) atoms. The smallest absolute Gasteiger partial charge is 0.408 e. The van der Waals surface area contributed by atoms with Crippen molar-refractivity contribution < 1.29 is 37.4 Å². The van der Waals surface area contributed by atoms with Gasteiger partial charge in [-0.25, -0.2) is 19.6 Å². The molecule has 3 heterocycles. The van der Waals surface area contributed by atoms with Crippen molar-refractivity contribution in [1.29, 1.82) is 0 Å². The van der Waals surface area contributed by atoms with Crippen LogP contribution in [0.3, 0.4) is 0 Å². The Balaban J connectivity index is 1.59. The summed E-state index contributed by atoms with van der Waals surface area (Å²) in [7, 11) is 0. The zero-order chi connectivity index (χ0) is 33.6. The first-order valence-electron chi connectivity index (χ1n) is 15.7. The number of carbonyl (C=O) groups is 3. The lowest BCUT2D eigenvalue weighted by molar-refractivity contribution is -0.156. The largest absolute Gasteiger partial charge is 0.471 e. The fourth-order valence-electron chi connectivity index (χ4n) is 5.85. The number of esters is 1. The third kappa shape index (κ3) is 7.37. The average Bonchev–Trinajstić information content (AvgIpc) is 3.62. The maximum Gasteiger partial charge on any atom is 0.408 e. The number of nitrogens with one attached hydrogen (secondary N) is 1. The zero-order valence-electron chi connectivity index (χ0n) is 26.9. The standard InChI is InChI=1S/C33H41ClF2N4O6/c1-17(2)16-44-30(42)25-18(3)24-15-40(25)29(41)27(32(4,5)6)39-31(43)46-23-13-19(23)9-7-8-12-33(35,36)26-28(45-24)38-22-14-20(34)10-11-21(22)37-26/h8,10-12,14,17-19,23-25,27H,7,9,13,15-16H2,1-6H3,(H,39,43)/b12-8+/t18-,19-,23-,24+,25+,27-/m1/s1. The number of carbonyl (C=O) groups excluding carboxylic acids is 3. The normalized spacial score (nSPS) is 29.0. The molecule has 13 heteroatoms. The predicted octanol–water partition coefficient (Wildman–Crippen LogP) is 6.05. The first kappa shape index (κ1) is 33.8. The first-order valence-corrected chi connectivity index (χ1v) is 16.1. The van der Waals surface area contributed by atoms with E-state index < -0.39 is 65.0 Å². The van der Waals surface area contributed by atoms with Crippen LogP contribution in [0.5, 0.6) is 5.88 Å². The van der Waals surface area contributed by atoms with Crippen LogP contribution in [0.15, 0.2) is 30.4 Å². The van der Waals surface area contributed by atoms with Gasteiger partial charge < -0.3 is 24.4 Å². The van der Waals surface area contributed by atoms with Gasteiger partial charge in [-0.15, -0.1) is 0 Å². The number of hydrogen-bond acceptors (Lipinski definition) is 8. The van der Waals surface area contributed by atoms with Gasteiger partial charge in [0.25, 0.3) is 0 Å². The second-order valence-electron chi connectivity index (χ2n) is 14.0. The molecule has 2 fully saturated rings. The van der Waals surface area contributed by atoms with Crippen LogP contribution < -0.4 is 10.1 Å². The quantitative estimate of drug-likeness (QED) is 0.312. The summed E-state index contributed by atoms with van der Waals surface area (Å²) in [5.41, 5.74) is -1.02. The minimum absolute atomic E-state index is 0.0103. The van der Waals surface area contributed by atoms with Gasteiger partial charge in [-0.1, -0.05) is 59.2 Å². The molecule has 6 atom stereocenters. The molecule has 5 rings (SSSR count). The van der Waals surface area contributed by atoms with Crippen LogP contribution in [0.4, 0.5) is 13.6 Å². The molecule has 1 saturated carbocycles. The molecule has 1 aliphatic carbocycles. The van der Waals surface area contributed by atoms with Crippen LogP contribution in [0.2, 0.25) is 5.02 Å². The Morgan fingerprint density at radius 2 is 1.91 bits per heavy atom. The van der Waals surface area contributed by atoms with Gasteiger partial charge in [0.1, 0.15) is 24.3 Å². The van der Waals surface area contributed by atoms with E-state index in [-0.39, 0.29) is 42.1 Å². The highest BCUT2D eigenvalue weighted by molar-refractivity contribution is 6.31. The SMILES string of the molecule is CC(C)COC(=O)[C@@H]1[C@H](C)[C@@H]2CN1C(=O)[C@H](C(C)(C)C)NC(=O)O[C@@H]1C[C@H]1CC/C=C/C(F)(F)c1nc3ccc(Cl)cc3nc1O2. The Morgan fingerprint density at radius 1 is 1.17 bits per heavy atom. The van der Waals surface area contributed by atoms with E-state index in [1.54, 1.807) is 27.7 Å². The van der Waals surface area contributed by atoms with Crippen molar-refractivity contribution >= 4 is 40.6 Å². The Hall–Kier alpha value is -3.54. The molecule has 2 amide bonds. The molecule has 1 saturated heterocycles. The summed E-state index contributed by atoms with van der Waals surface area (Å²) in [5, 5.41) is 3.07. The van der Waals surface area contributed by atoms with Crippen molar-refractivity contribution in [1.82, 2.24) is 20.2 Å². The number of benzene rings is 1. The van der Waals surface area contributed by atoms with Crippen LogP contribution in [-0.2, 0) is 25.0 Å². The first-order chi connectivity index (χ1) is 21.5. The van der Waals surface area contributed by atoms with Gasteiger partial charge in [0.05, 0.1) is 24.2 Å².